The van der Waals surface area contributed by atoms with Crippen LogP contribution in [0.1, 0.15) is 251 Å². The summed E-state index contributed by atoms with van der Waals surface area (Å²) < 4.78 is 23.4. The Bertz CT molecular complexity index is 1750. The van der Waals surface area contributed by atoms with Crippen LogP contribution in [-0.4, -0.2) is 68.5 Å². The number of aliphatic hydroxyl groups is 1. The molecule has 3 unspecified atom stereocenters. The third kappa shape index (κ3) is 62.1. The van der Waals surface area contributed by atoms with E-state index < -0.39 is 26.6 Å². The lowest BCUT2D eigenvalue weighted by Crippen LogP contribution is -2.45. The van der Waals surface area contributed by atoms with Crippen molar-refractivity contribution in [3.8, 4) is 0 Å². The summed E-state index contributed by atoms with van der Waals surface area (Å²) in [5, 5.41) is 13.9. The van der Waals surface area contributed by atoms with Crippen molar-refractivity contribution >= 4 is 13.7 Å². The molecule has 1 amide bonds. The van der Waals surface area contributed by atoms with Gasteiger partial charge in [0, 0.05) is 6.42 Å². The van der Waals surface area contributed by atoms with Crippen LogP contribution in [0.15, 0.2) is 134 Å². The van der Waals surface area contributed by atoms with Gasteiger partial charge >= 0.3 is 0 Å². The third-order valence-electron chi connectivity index (χ3n) is 13.6. The van der Waals surface area contributed by atoms with E-state index in [0.717, 1.165) is 103 Å². The van der Waals surface area contributed by atoms with Crippen LogP contribution in [0.5, 0.6) is 0 Å². The Morgan fingerprint density at radius 2 is 0.785 bits per heavy atom. The monoisotopic (exact) mass is 1120 g/mol. The van der Waals surface area contributed by atoms with Crippen molar-refractivity contribution in [3.05, 3.63) is 134 Å². The van der Waals surface area contributed by atoms with Crippen LogP contribution >= 0.6 is 7.82 Å². The molecule has 0 aliphatic heterocycles. The van der Waals surface area contributed by atoms with Gasteiger partial charge in [-0.25, -0.2) is 0 Å². The van der Waals surface area contributed by atoms with E-state index in [-0.39, 0.29) is 12.5 Å². The van der Waals surface area contributed by atoms with Gasteiger partial charge in [0.15, 0.2) is 0 Å². The molecule has 0 aliphatic carbocycles. The van der Waals surface area contributed by atoms with E-state index in [4.69, 9.17) is 9.05 Å². The lowest BCUT2D eigenvalue weighted by atomic mass is 10.0. The van der Waals surface area contributed by atoms with E-state index in [1.165, 1.54) is 128 Å². The molecule has 0 saturated carbocycles. The second-order valence-corrected chi connectivity index (χ2v) is 23.8. The van der Waals surface area contributed by atoms with Gasteiger partial charge in [0.1, 0.15) is 13.2 Å². The summed E-state index contributed by atoms with van der Waals surface area (Å²) in [6.07, 6.45) is 89.8. The highest BCUT2D eigenvalue weighted by molar-refractivity contribution is 7.45. The van der Waals surface area contributed by atoms with Crippen LogP contribution in [0, 0.1) is 0 Å². The number of aliphatic hydroxyl groups excluding tert-OH is 1. The average Bonchev–Trinajstić information content (AvgIpc) is 3.42. The number of carbonyl (C=O) groups is 1. The van der Waals surface area contributed by atoms with Crippen molar-refractivity contribution in [2.75, 3.05) is 40.9 Å². The Morgan fingerprint density at radius 1 is 0.456 bits per heavy atom. The second-order valence-electron chi connectivity index (χ2n) is 22.4. The highest BCUT2D eigenvalue weighted by Crippen LogP contribution is 2.38. The third-order valence-corrected chi connectivity index (χ3v) is 14.6. The summed E-state index contributed by atoms with van der Waals surface area (Å²) in [7, 11) is 1.23. The normalized spacial score (nSPS) is 14.7. The molecule has 0 bridgehead atoms. The van der Waals surface area contributed by atoms with E-state index in [1.54, 1.807) is 6.08 Å². The van der Waals surface area contributed by atoms with Crippen LogP contribution in [-0.2, 0) is 18.4 Å². The van der Waals surface area contributed by atoms with Gasteiger partial charge in [-0.05, 0) is 103 Å². The molecule has 0 aromatic carbocycles. The molecule has 0 saturated heterocycles. The minimum Gasteiger partial charge on any atom is -0.756 e. The first-order valence-electron chi connectivity index (χ1n) is 32.0. The van der Waals surface area contributed by atoms with E-state index in [0.29, 0.717) is 17.4 Å². The Balaban J connectivity index is 4.14. The van der Waals surface area contributed by atoms with Gasteiger partial charge in [0.05, 0.1) is 39.9 Å². The Labute approximate surface area is 487 Å². The zero-order valence-corrected chi connectivity index (χ0v) is 52.4. The number of amides is 1. The molecule has 0 rings (SSSR count). The van der Waals surface area contributed by atoms with Crippen molar-refractivity contribution in [3.63, 3.8) is 0 Å². The van der Waals surface area contributed by atoms with E-state index in [9.17, 15) is 19.4 Å². The molecule has 0 aromatic heterocycles. The van der Waals surface area contributed by atoms with Crippen molar-refractivity contribution in [1.82, 2.24) is 5.32 Å². The first kappa shape index (κ1) is 75.6. The van der Waals surface area contributed by atoms with Gasteiger partial charge in [-0.2, -0.15) is 0 Å². The van der Waals surface area contributed by atoms with Crippen LogP contribution < -0.4 is 10.2 Å². The average molecular weight is 1120 g/mol. The lowest BCUT2D eigenvalue weighted by molar-refractivity contribution is -0.870. The number of phosphoric ester groups is 1. The van der Waals surface area contributed by atoms with Crippen LogP contribution in [0.4, 0.5) is 0 Å². The standard InChI is InChI=1S/C70H121N2O6P/c1-6-8-10-12-14-16-18-20-22-24-26-27-28-29-30-31-32-33-34-35-36-37-38-39-40-41-42-43-44-45-46-48-50-52-54-56-58-60-62-64-70(74)71-68(67-78-79(75,76)77-66-65-72(3,4)5)69(73)63-61-59-57-55-53-51-49-47-25-23-21-19-17-15-13-11-9-7-2/h8,10,14,16,20,22,26-27,29-30,32-33,35-36,38-39,41-42,53,55,61,63,68-69,73H,6-7,9,11-13,15,17-19,21,23-25,28,31,34,37,40,43-52,54,56-60,62,64-67H2,1-5H3,(H-,71,74,75,76)/b10-8-,16-14-,22-20-,27-26-,30-29-,33-32-,36-35-,39-38-,42-41-,55-53+,63-61+. The van der Waals surface area contributed by atoms with Gasteiger partial charge in [0.25, 0.3) is 7.82 Å². The minimum atomic E-state index is -4.62. The molecule has 0 aromatic rings. The lowest BCUT2D eigenvalue weighted by Gasteiger charge is -2.29. The second kappa shape index (κ2) is 59.3. The van der Waals surface area contributed by atoms with Crippen LogP contribution in [0.2, 0.25) is 0 Å². The predicted molar refractivity (Wildman–Crippen MR) is 343 cm³/mol. The number of nitrogens with one attached hydrogen (secondary N) is 1. The molecule has 0 fully saturated rings. The highest BCUT2D eigenvalue weighted by atomic mass is 31.2. The van der Waals surface area contributed by atoms with E-state index in [2.05, 4.69) is 141 Å². The van der Waals surface area contributed by atoms with Crippen molar-refractivity contribution < 1.29 is 32.9 Å². The quantitative estimate of drug-likeness (QED) is 0.0272. The van der Waals surface area contributed by atoms with Crippen molar-refractivity contribution in [1.29, 1.82) is 0 Å². The predicted octanol–water partition coefficient (Wildman–Crippen LogP) is 19.6. The fourth-order valence-corrected chi connectivity index (χ4v) is 9.36. The number of hydrogen-bond acceptors (Lipinski definition) is 6. The first-order chi connectivity index (χ1) is 38.5. The molecular weight excluding hydrogens is 996 g/mol. The van der Waals surface area contributed by atoms with Gasteiger partial charge in [-0.3, -0.25) is 9.36 Å². The van der Waals surface area contributed by atoms with Gasteiger partial charge in [-0.1, -0.05) is 276 Å². The number of hydrogen-bond donors (Lipinski definition) is 2. The molecule has 79 heavy (non-hydrogen) atoms. The van der Waals surface area contributed by atoms with E-state index in [1.807, 2.05) is 27.2 Å². The number of likely N-dealkylation sites (N-methyl/N-ethyl adjacent to an activating group) is 1. The van der Waals surface area contributed by atoms with Gasteiger partial charge in [0.2, 0.25) is 5.91 Å². The van der Waals surface area contributed by atoms with Gasteiger partial charge < -0.3 is 28.8 Å². The number of allylic oxidation sites excluding steroid dienone is 21. The summed E-state index contributed by atoms with van der Waals surface area (Å²) in [6.45, 7) is 4.51. The fraction of sp³-hybridized carbons (Fsp3) is 0.671. The number of nitrogens with zero attached hydrogens (tertiary/aromatic N) is 1. The fourth-order valence-electron chi connectivity index (χ4n) is 8.63. The summed E-state index contributed by atoms with van der Waals surface area (Å²) in [4.78, 5) is 25.5. The summed E-state index contributed by atoms with van der Waals surface area (Å²) in [5.41, 5.74) is 0. The summed E-state index contributed by atoms with van der Waals surface area (Å²) in [5.74, 6) is -0.215. The summed E-state index contributed by atoms with van der Waals surface area (Å²) >= 11 is 0. The molecule has 9 heteroatoms. The molecule has 8 nitrogen and oxygen atoms in total. The van der Waals surface area contributed by atoms with E-state index >= 15 is 0 Å². The smallest absolute Gasteiger partial charge is 0.268 e. The zero-order valence-electron chi connectivity index (χ0n) is 51.5. The molecule has 0 radical (unpaired) electrons. The number of phosphoric acid groups is 1. The maximum Gasteiger partial charge on any atom is 0.268 e. The van der Waals surface area contributed by atoms with Crippen LogP contribution in [0.3, 0.4) is 0 Å². The zero-order chi connectivity index (χ0) is 57.7. The summed E-state index contributed by atoms with van der Waals surface area (Å²) in [6, 6.07) is -0.914. The Kier molecular flexibility index (Phi) is 56.7. The molecule has 0 heterocycles. The molecule has 452 valence electrons. The molecule has 3 atom stereocenters. The van der Waals surface area contributed by atoms with Gasteiger partial charge in [-0.15, -0.1) is 0 Å². The number of unbranched alkanes of at least 4 members (excludes halogenated alkanes) is 24. The number of carbonyl (C=O) groups excluding carboxylic acids is 1. The largest absolute Gasteiger partial charge is 0.756 e. The molecule has 2 N–H and O–H groups in total. The van der Waals surface area contributed by atoms with Crippen molar-refractivity contribution in [2.45, 2.75) is 264 Å². The maximum absolute atomic E-state index is 13.0. The SMILES string of the molecule is CC/C=C\C/C=C\C/C=C\C/C=C\C/C=C\C/C=C\C/C=C\C/C=C\C/C=C\CCCCCCCCCCCCCC(=O)NC(COP(=O)([O-])OCC[N+](C)(C)C)C(O)/C=C/CC/C=C/CCCCCCCCCCCCCC. The first-order valence-corrected chi connectivity index (χ1v) is 33.5. The molecule has 0 aliphatic rings. The topological polar surface area (TPSA) is 108 Å². The highest BCUT2D eigenvalue weighted by Gasteiger charge is 2.23. The van der Waals surface area contributed by atoms with Crippen molar-refractivity contribution in [2.24, 2.45) is 0 Å². The number of rotatable bonds is 57. The maximum atomic E-state index is 13.0. The minimum absolute atomic E-state index is 0.0125. The van der Waals surface area contributed by atoms with Crippen LogP contribution in [0.25, 0.3) is 0 Å². The molecular formula is C70H121N2O6P. The number of quaternary nitrogens is 1. The molecule has 0 spiro atoms. The Morgan fingerprint density at radius 3 is 1.18 bits per heavy atom. The Hall–Kier alpha value is -3.36.